The van der Waals surface area contributed by atoms with E-state index >= 15 is 0 Å². The zero-order valence-electron chi connectivity index (χ0n) is 9.54. The molecule has 6 heteroatoms. The van der Waals surface area contributed by atoms with Crippen LogP contribution in [0.5, 0.6) is 5.75 Å². The molecule has 0 saturated carbocycles. The van der Waals surface area contributed by atoms with Crippen LogP contribution in [0.4, 0.5) is 8.78 Å². The lowest BCUT2D eigenvalue weighted by Crippen LogP contribution is -2.44. The second kappa shape index (κ2) is 5.58. The van der Waals surface area contributed by atoms with Gasteiger partial charge in [0.15, 0.2) is 17.7 Å². The first kappa shape index (κ1) is 13.4. The molecule has 0 bridgehead atoms. The van der Waals surface area contributed by atoms with Gasteiger partial charge >= 0.3 is 0 Å². The number of halogens is 2. The zero-order valence-corrected chi connectivity index (χ0v) is 9.54. The van der Waals surface area contributed by atoms with Crippen LogP contribution in [0.2, 0.25) is 0 Å². The molecule has 0 saturated heterocycles. The Balaban J connectivity index is 2.90. The molecule has 1 unspecified atom stereocenters. The van der Waals surface area contributed by atoms with Crippen molar-refractivity contribution in [1.82, 2.24) is 5.43 Å². The van der Waals surface area contributed by atoms with Gasteiger partial charge in [0.1, 0.15) is 5.82 Å². The lowest BCUT2D eigenvalue weighted by atomic mass is 10.1. The summed E-state index contributed by atoms with van der Waals surface area (Å²) in [5.74, 6) is 2.47. The zero-order chi connectivity index (χ0) is 13.0. The minimum Gasteiger partial charge on any atom is -0.477 e. The highest BCUT2D eigenvalue weighted by atomic mass is 19.1. The lowest BCUT2D eigenvalue weighted by molar-refractivity contribution is -0.129. The van der Waals surface area contributed by atoms with Gasteiger partial charge in [0.2, 0.25) is 0 Å². The summed E-state index contributed by atoms with van der Waals surface area (Å²) in [4.78, 5) is 11.4. The first-order valence-electron chi connectivity index (χ1n) is 5.08. The van der Waals surface area contributed by atoms with Crippen LogP contribution in [-0.2, 0) is 4.79 Å². The topological polar surface area (TPSA) is 64.3 Å². The van der Waals surface area contributed by atoms with Crippen LogP contribution < -0.4 is 16.0 Å². The quantitative estimate of drug-likeness (QED) is 0.477. The number of hydrogen-bond acceptors (Lipinski definition) is 3. The van der Waals surface area contributed by atoms with Crippen molar-refractivity contribution in [3.8, 4) is 5.75 Å². The average Bonchev–Trinajstić information content (AvgIpc) is 2.26. The SMILES string of the molecule is CC(C)C(Oc1ccc(F)cc1F)C(=O)NN. The van der Waals surface area contributed by atoms with Gasteiger partial charge < -0.3 is 4.74 Å². The van der Waals surface area contributed by atoms with E-state index in [0.29, 0.717) is 6.07 Å². The van der Waals surface area contributed by atoms with Gasteiger partial charge in [0.25, 0.3) is 5.91 Å². The summed E-state index contributed by atoms with van der Waals surface area (Å²) >= 11 is 0. The molecule has 0 spiro atoms. The Kier molecular flexibility index (Phi) is 4.39. The first-order chi connectivity index (χ1) is 7.95. The normalized spacial score (nSPS) is 12.4. The standard InChI is InChI=1S/C11H14F2N2O2/c1-6(2)10(11(16)15-14)17-9-4-3-7(12)5-8(9)13/h3-6,10H,14H2,1-2H3,(H,15,16). The number of nitrogens with two attached hydrogens (primary N) is 1. The van der Waals surface area contributed by atoms with E-state index in [2.05, 4.69) is 0 Å². The Morgan fingerprint density at radius 2 is 2.06 bits per heavy atom. The van der Waals surface area contributed by atoms with Crippen molar-refractivity contribution in [3.63, 3.8) is 0 Å². The molecule has 0 heterocycles. The molecular weight excluding hydrogens is 230 g/mol. The Bertz CT molecular complexity index is 410. The number of hydrazine groups is 1. The van der Waals surface area contributed by atoms with E-state index in [1.54, 1.807) is 13.8 Å². The van der Waals surface area contributed by atoms with Gasteiger partial charge in [-0.3, -0.25) is 10.2 Å². The highest BCUT2D eigenvalue weighted by Crippen LogP contribution is 2.21. The van der Waals surface area contributed by atoms with E-state index in [-0.39, 0.29) is 11.7 Å². The molecule has 0 aliphatic carbocycles. The van der Waals surface area contributed by atoms with Crippen LogP contribution in [0.25, 0.3) is 0 Å². The van der Waals surface area contributed by atoms with E-state index in [1.165, 1.54) is 0 Å². The van der Waals surface area contributed by atoms with E-state index in [1.807, 2.05) is 5.43 Å². The summed E-state index contributed by atoms with van der Waals surface area (Å²) in [5, 5.41) is 0. The number of benzene rings is 1. The van der Waals surface area contributed by atoms with Crippen molar-refractivity contribution in [2.45, 2.75) is 20.0 Å². The summed E-state index contributed by atoms with van der Waals surface area (Å²) in [6.45, 7) is 3.45. The summed E-state index contributed by atoms with van der Waals surface area (Å²) < 4.78 is 31.2. The van der Waals surface area contributed by atoms with Gasteiger partial charge in [-0.05, 0) is 18.1 Å². The van der Waals surface area contributed by atoms with E-state index in [4.69, 9.17) is 10.6 Å². The van der Waals surface area contributed by atoms with Gasteiger partial charge in [-0.25, -0.2) is 14.6 Å². The third kappa shape index (κ3) is 3.39. The third-order valence-electron chi connectivity index (χ3n) is 2.15. The Labute approximate surface area is 97.7 Å². The number of carbonyl (C=O) groups is 1. The van der Waals surface area contributed by atoms with E-state index in [9.17, 15) is 13.6 Å². The number of ether oxygens (including phenoxy) is 1. The average molecular weight is 244 g/mol. The molecule has 3 N–H and O–H groups in total. The van der Waals surface area contributed by atoms with E-state index in [0.717, 1.165) is 12.1 Å². The molecule has 0 aliphatic heterocycles. The predicted octanol–water partition coefficient (Wildman–Crippen LogP) is 1.36. The minimum absolute atomic E-state index is 0.186. The van der Waals surface area contributed by atoms with Crippen LogP contribution >= 0.6 is 0 Å². The predicted molar refractivity (Wildman–Crippen MR) is 57.9 cm³/mol. The van der Waals surface area contributed by atoms with Crippen molar-refractivity contribution >= 4 is 5.91 Å². The fourth-order valence-corrected chi connectivity index (χ4v) is 1.28. The smallest absolute Gasteiger partial charge is 0.275 e. The molecule has 17 heavy (non-hydrogen) atoms. The van der Waals surface area contributed by atoms with Crippen molar-refractivity contribution in [2.75, 3.05) is 0 Å². The maximum absolute atomic E-state index is 13.3. The maximum atomic E-state index is 13.3. The Hall–Kier alpha value is -1.69. The molecule has 1 aromatic carbocycles. The minimum atomic E-state index is -0.931. The van der Waals surface area contributed by atoms with E-state index < -0.39 is 23.6 Å². The third-order valence-corrected chi connectivity index (χ3v) is 2.15. The molecule has 1 rings (SSSR count). The van der Waals surface area contributed by atoms with Crippen LogP contribution in [0.1, 0.15) is 13.8 Å². The lowest BCUT2D eigenvalue weighted by Gasteiger charge is -2.20. The van der Waals surface area contributed by atoms with Gasteiger partial charge in [-0.2, -0.15) is 0 Å². The highest BCUT2D eigenvalue weighted by Gasteiger charge is 2.24. The summed E-state index contributed by atoms with van der Waals surface area (Å²) in [6, 6.07) is 2.87. The molecule has 4 nitrogen and oxygen atoms in total. The molecule has 1 atom stereocenters. The number of carbonyl (C=O) groups excluding carboxylic acids is 1. The summed E-state index contributed by atoms with van der Waals surface area (Å²) in [6.07, 6.45) is -0.931. The number of nitrogens with one attached hydrogen (secondary N) is 1. The van der Waals surface area contributed by atoms with Crippen molar-refractivity contribution < 1.29 is 18.3 Å². The second-order valence-electron chi connectivity index (χ2n) is 3.87. The summed E-state index contributed by atoms with van der Waals surface area (Å²) in [5.41, 5.74) is 1.94. The molecule has 0 aliphatic rings. The molecular formula is C11H14F2N2O2. The highest BCUT2D eigenvalue weighted by molar-refractivity contribution is 5.80. The Morgan fingerprint density at radius 1 is 1.41 bits per heavy atom. The van der Waals surface area contributed by atoms with Crippen LogP contribution in [0.3, 0.4) is 0 Å². The molecule has 0 radical (unpaired) electrons. The number of amides is 1. The molecule has 1 amide bonds. The molecule has 0 fully saturated rings. The molecule has 1 aromatic rings. The van der Waals surface area contributed by atoms with Gasteiger partial charge in [-0.1, -0.05) is 13.8 Å². The van der Waals surface area contributed by atoms with Crippen molar-refractivity contribution in [3.05, 3.63) is 29.8 Å². The van der Waals surface area contributed by atoms with Crippen molar-refractivity contribution in [2.24, 2.45) is 11.8 Å². The second-order valence-corrected chi connectivity index (χ2v) is 3.87. The van der Waals surface area contributed by atoms with Crippen LogP contribution in [0, 0.1) is 17.6 Å². The molecule has 0 aromatic heterocycles. The van der Waals surface area contributed by atoms with Gasteiger partial charge in [0.05, 0.1) is 0 Å². The largest absolute Gasteiger partial charge is 0.477 e. The fraction of sp³-hybridized carbons (Fsp3) is 0.364. The monoisotopic (exact) mass is 244 g/mol. The van der Waals surface area contributed by atoms with Gasteiger partial charge in [0, 0.05) is 6.07 Å². The van der Waals surface area contributed by atoms with Crippen molar-refractivity contribution in [1.29, 1.82) is 0 Å². The summed E-state index contributed by atoms with van der Waals surface area (Å²) in [7, 11) is 0. The number of hydrogen-bond donors (Lipinski definition) is 2. The maximum Gasteiger partial charge on any atom is 0.275 e. The first-order valence-corrected chi connectivity index (χ1v) is 5.08. The number of rotatable bonds is 4. The van der Waals surface area contributed by atoms with Gasteiger partial charge in [-0.15, -0.1) is 0 Å². The molecule has 94 valence electrons. The van der Waals surface area contributed by atoms with Crippen LogP contribution in [0.15, 0.2) is 18.2 Å². The Morgan fingerprint density at radius 3 is 2.53 bits per heavy atom. The van der Waals surface area contributed by atoms with Crippen LogP contribution in [-0.4, -0.2) is 12.0 Å². The fourth-order valence-electron chi connectivity index (χ4n) is 1.28.